The van der Waals surface area contributed by atoms with Gasteiger partial charge in [0.15, 0.2) is 13.8 Å². The number of nitrogens with one attached hydrogen (secondary N) is 1. The van der Waals surface area contributed by atoms with Gasteiger partial charge >= 0.3 is 0 Å². The second-order valence-corrected chi connectivity index (χ2v) is 7.72. The highest BCUT2D eigenvalue weighted by Gasteiger charge is 2.09. The van der Waals surface area contributed by atoms with Crippen LogP contribution in [-0.4, -0.2) is 39.2 Å². The SMILES string of the molecule is CCCNc1cc(Sc2nnc(SC)s2)nc(SC)n1. The fourth-order valence-corrected chi connectivity index (χ4v) is 4.12. The molecule has 0 saturated carbocycles. The van der Waals surface area contributed by atoms with Gasteiger partial charge in [-0.3, -0.25) is 0 Å². The first kappa shape index (κ1) is 15.9. The van der Waals surface area contributed by atoms with Crippen LogP contribution in [0.15, 0.2) is 24.9 Å². The summed E-state index contributed by atoms with van der Waals surface area (Å²) in [6.45, 7) is 3.04. The van der Waals surface area contributed by atoms with Crippen LogP contribution in [0.1, 0.15) is 13.3 Å². The molecule has 0 aliphatic carbocycles. The third-order valence-corrected chi connectivity index (χ3v) is 5.59. The van der Waals surface area contributed by atoms with Crippen molar-refractivity contribution in [1.29, 1.82) is 0 Å². The lowest BCUT2D eigenvalue weighted by Crippen LogP contribution is -2.03. The monoisotopic (exact) mass is 345 g/mol. The second-order valence-electron chi connectivity index (χ2n) is 3.64. The van der Waals surface area contributed by atoms with E-state index in [1.54, 1.807) is 23.1 Å². The normalized spacial score (nSPS) is 10.8. The summed E-state index contributed by atoms with van der Waals surface area (Å²) in [6, 6.07) is 1.96. The van der Waals surface area contributed by atoms with Crippen molar-refractivity contribution in [2.45, 2.75) is 32.2 Å². The van der Waals surface area contributed by atoms with Gasteiger partial charge in [-0.05, 0) is 30.7 Å². The first-order chi connectivity index (χ1) is 9.75. The van der Waals surface area contributed by atoms with E-state index < -0.39 is 0 Å². The summed E-state index contributed by atoms with van der Waals surface area (Å²) < 4.78 is 1.87. The van der Waals surface area contributed by atoms with E-state index in [0.29, 0.717) is 0 Å². The average molecular weight is 346 g/mol. The molecule has 0 unspecified atom stereocenters. The Morgan fingerprint density at radius 3 is 2.60 bits per heavy atom. The lowest BCUT2D eigenvalue weighted by atomic mass is 10.4. The maximum Gasteiger partial charge on any atom is 0.190 e. The molecule has 2 rings (SSSR count). The van der Waals surface area contributed by atoms with E-state index in [-0.39, 0.29) is 0 Å². The van der Waals surface area contributed by atoms with E-state index in [1.165, 1.54) is 23.5 Å². The standard InChI is InChI=1S/C11H15N5S4/c1-4-5-12-7-6-8(14-9(13-7)17-2)19-11-16-15-10(18-3)20-11/h6H,4-5H2,1-3H3,(H,12,13,14). The summed E-state index contributed by atoms with van der Waals surface area (Å²) in [5.41, 5.74) is 0. The number of aromatic nitrogens is 4. The van der Waals surface area contributed by atoms with Crippen molar-refractivity contribution in [2.75, 3.05) is 24.4 Å². The Morgan fingerprint density at radius 1 is 1.15 bits per heavy atom. The van der Waals surface area contributed by atoms with Crippen LogP contribution >= 0.6 is 46.6 Å². The molecule has 0 spiro atoms. The Bertz CT molecular complexity index is 559. The molecule has 2 heterocycles. The van der Waals surface area contributed by atoms with E-state index in [2.05, 4.69) is 32.4 Å². The molecule has 0 atom stereocenters. The second kappa shape index (κ2) is 8.06. The van der Waals surface area contributed by atoms with Crippen molar-refractivity contribution in [3.63, 3.8) is 0 Å². The molecule has 9 heteroatoms. The fourth-order valence-electron chi connectivity index (χ4n) is 1.30. The smallest absolute Gasteiger partial charge is 0.190 e. The molecule has 20 heavy (non-hydrogen) atoms. The molecule has 0 saturated heterocycles. The molecule has 0 amide bonds. The molecule has 2 aromatic heterocycles. The van der Waals surface area contributed by atoms with Crippen LogP contribution in [0.5, 0.6) is 0 Å². The maximum absolute atomic E-state index is 4.50. The van der Waals surface area contributed by atoms with Crippen LogP contribution in [0.2, 0.25) is 0 Å². The summed E-state index contributed by atoms with van der Waals surface area (Å²) in [7, 11) is 0. The summed E-state index contributed by atoms with van der Waals surface area (Å²) >= 11 is 6.25. The average Bonchev–Trinajstić information content (AvgIpc) is 2.92. The van der Waals surface area contributed by atoms with Crippen LogP contribution in [0.25, 0.3) is 0 Å². The summed E-state index contributed by atoms with van der Waals surface area (Å²) in [5.74, 6) is 0.864. The van der Waals surface area contributed by atoms with E-state index in [9.17, 15) is 0 Å². The number of nitrogens with zero attached hydrogens (tertiary/aromatic N) is 4. The lowest BCUT2D eigenvalue weighted by molar-refractivity contribution is 0.876. The fraction of sp³-hybridized carbons (Fsp3) is 0.455. The molecule has 1 N–H and O–H groups in total. The lowest BCUT2D eigenvalue weighted by Gasteiger charge is -2.06. The zero-order chi connectivity index (χ0) is 14.4. The molecule has 0 bridgehead atoms. The topological polar surface area (TPSA) is 63.6 Å². The van der Waals surface area contributed by atoms with Gasteiger partial charge in [-0.15, -0.1) is 10.2 Å². The zero-order valence-corrected chi connectivity index (χ0v) is 14.7. The van der Waals surface area contributed by atoms with Gasteiger partial charge in [0.05, 0.1) is 0 Å². The third-order valence-electron chi connectivity index (χ3n) is 2.18. The van der Waals surface area contributed by atoms with Gasteiger partial charge < -0.3 is 5.32 Å². The number of rotatable bonds is 7. The number of hydrogen-bond acceptors (Lipinski definition) is 9. The maximum atomic E-state index is 4.50. The summed E-state index contributed by atoms with van der Waals surface area (Å²) in [4.78, 5) is 8.94. The Balaban J connectivity index is 2.16. The molecular formula is C11H15N5S4. The van der Waals surface area contributed by atoms with E-state index in [0.717, 1.165) is 37.6 Å². The Hall–Kier alpha value is -0.510. The highest BCUT2D eigenvalue weighted by Crippen LogP contribution is 2.33. The number of thioether (sulfide) groups is 2. The summed E-state index contributed by atoms with van der Waals surface area (Å²) in [6.07, 6.45) is 5.04. The van der Waals surface area contributed by atoms with Crippen molar-refractivity contribution in [2.24, 2.45) is 0 Å². The van der Waals surface area contributed by atoms with E-state index in [1.807, 2.05) is 18.6 Å². The summed E-state index contributed by atoms with van der Waals surface area (Å²) in [5, 5.41) is 13.2. The van der Waals surface area contributed by atoms with Crippen molar-refractivity contribution in [3.05, 3.63) is 6.07 Å². The van der Waals surface area contributed by atoms with Gasteiger partial charge in [0, 0.05) is 12.6 Å². The molecule has 2 aromatic rings. The molecule has 0 aliphatic rings. The minimum atomic E-state index is 0.767. The minimum Gasteiger partial charge on any atom is -0.370 e. The van der Waals surface area contributed by atoms with Gasteiger partial charge in [-0.1, -0.05) is 41.8 Å². The Labute approximate surface area is 135 Å². The highest BCUT2D eigenvalue weighted by molar-refractivity contribution is 8.03. The first-order valence-corrected chi connectivity index (χ1v) is 10.1. The molecule has 108 valence electrons. The van der Waals surface area contributed by atoms with Crippen LogP contribution in [0.3, 0.4) is 0 Å². The van der Waals surface area contributed by atoms with E-state index in [4.69, 9.17) is 0 Å². The quantitative estimate of drug-likeness (QED) is 0.462. The minimum absolute atomic E-state index is 0.767. The van der Waals surface area contributed by atoms with Crippen LogP contribution in [0.4, 0.5) is 5.82 Å². The van der Waals surface area contributed by atoms with Crippen molar-refractivity contribution in [3.8, 4) is 0 Å². The Kier molecular flexibility index (Phi) is 6.40. The van der Waals surface area contributed by atoms with Gasteiger partial charge in [0.25, 0.3) is 0 Å². The third kappa shape index (κ3) is 4.51. The predicted octanol–water partition coefficient (Wildman–Crippen LogP) is 3.75. The van der Waals surface area contributed by atoms with Gasteiger partial charge in [-0.2, -0.15) is 0 Å². The first-order valence-electron chi connectivity index (χ1n) is 5.97. The van der Waals surface area contributed by atoms with Crippen molar-refractivity contribution in [1.82, 2.24) is 20.2 Å². The largest absolute Gasteiger partial charge is 0.370 e. The van der Waals surface area contributed by atoms with Gasteiger partial charge in [0.2, 0.25) is 0 Å². The molecule has 0 aliphatic heterocycles. The predicted molar refractivity (Wildman–Crippen MR) is 88.4 cm³/mol. The van der Waals surface area contributed by atoms with E-state index >= 15 is 0 Å². The number of anilines is 1. The van der Waals surface area contributed by atoms with Crippen LogP contribution < -0.4 is 5.32 Å². The Morgan fingerprint density at radius 2 is 1.95 bits per heavy atom. The van der Waals surface area contributed by atoms with Crippen molar-refractivity contribution >= 4 is 52.4 Å². The van der Waals surface area contributed by atoms with Crippen molar-refractivity contribution < 1.29 is 0 Å². The van der Waals surface area contributed by atoms with Crippen LogP contribution in [0, 0.1) is 0 Å². The van der Waals surface area contributed by atoms with Crippen LogP contribution in [-0.2, 0) is 0 Å². The molecule has 0 fully saturated rings. The highest BCUT2D eigenvalue weighted by atomic mass is 32.2. The van der Waals surface area contributed by atoms with Gasteiger partial charge in [0.1, 0.15) is 10.8 Å². The molecule has 5 nitrogen and oxygen atoms in total. The molecular weight excluding hydrogens is 330 g/mol. The van der Waals surface area contributed by atoms with Gasteiger partial charge in [-0.25, -0.2) is 9.97 Å². The molecule has 0 radical (unpaired) electrons. The zero-order valence-electron chi connectivity index (χ0n) is 11.4. The number of hydrogen-bond donors (Lipinski definition) is 1. The molecule has 0 aromatic carbocycles.